The predicted octanol–water partition coefficient (Wildman–Crippen LogP) is -1.34. The van der Waals surface area contributed by atoms with E-state index in [1.165, 1.54) is 44.8 Å². The maximum absolute atomic E-state index is 3.56. The maximum Gasteiger partial charge on any atom is 2.00 e. The molecule has 0 saturated carbocycles. The monoisotopic (exact) mass is 468 g/mol. The molecule has 0 aliphatic rings. The van der Waals surface area contributed by atoms with Gasteiger partial charge < -0.3 is 40.8 Å². The Balaban J connectivity index is 0. The normalized spacial score (nSPS) is 9.64. The Morgan fingerprint density at radius 2 is 0.821 bits per heavy atom. The van der Waals surface area contributed by atoms with Gasteiger partial charge in [0.25, 0.3) is 0 Å². The van der Waals surface area contributed by atoms with Crippen LogP contribution in [-0.4, -0.2) is 26.2 Å². The molecule has 0 spiro atoms. The third-order valence-electron chi connectivity index (χ3n) is 4.56. The summed E-state index contributed by atoms with van der Waals surface area (Å²) in [5.41, 5.74) is 10.5. The van der Waals surface area contributed by atoms with Crippen LogP contribution in [0.2, 0.25) is 0 Å². The fourth-order valence-corrected chi connectivity index (χ4v) is 3.59. The van der Waals surface area contributed by atoms with Crippen LogP contribution in [0.3, 0.4) is 0 Å². The number of rotatable bonds is 8. The molecule has 2 aromatic rings. The van der Waals surface area contributed by atoms with Gasteiger partial charge in [-0.3, -0.25) is 0 Å². The first-order chi connectivity index (χ1) is 11.9. The van der Waals surface area contributed by atoms with Gasteiger partial charge in [-0.05, 0) is 63.8 Å². The van der Waals surface area contributed by atoms with Crippen molar-refractivity contribution in [1.29, 1.82) is 0 Å². The van der Waals surface area contributed by atoms with Crippen molar-refractivity contribution in [3.8, 4) is 0 Å². The largest absolute Gasteiger partial charge is 2.00 e. The van der Waals surface area contributed by atoms with Crippen molar-refractivity contribution < 1.29 is 41.6 Å². The van der Waals surface area contributed by atoms with Crippen molar-refractivity contribution in [2.45, 2.75) is 41.5 Å². The first-order valence-corrected chi connectivity index (χ1v) is 9.22. The molecule has 2 rings (SSSR count). The van der Waals surface area contributed by atoms with Gasteiger partial charge >= 0.3 is 16.8 Å². The molecule has 159 valence electrons. The Labute approximate surface area is 193 Å². The van der Waals surface area contributed by atoms with E-state index in [0.29, 0.717) is 0 Å². The molecule has 0 saturated heterocycles. The van der Waals surface area contributed by atoms with Crippen LogP contribution in [0.4, 0.5) is 11.4 Å². The third kappa shape index (κ3) is 8.62. The molecule has 0 fully saturated rings. The number of anilines is 2. The number of hydrogen-bond donors (Lipinski definition) is 3. The molecule has 1 radical (unpaired) electrons. The number of benzene rings is 2. The minimum atomic E-state index is 0. The molecule has 3 nitrogen and oxygen atoms in total. The summed E-state index contributed by atoms with van der Waals surface area (Å²) in [4.78, 5) is 0. The van der Waals surface area contributed by atoms with E-state index in [4.69, 9.17) is 0 Å². The fraction of sp³-hybridized carbons (Fsp3) is 0.455. The van der Waals surface area contributed by atoms with Crippen molar-refractivity contribution in [2.24, 2.45) is 0 Å². The molecule has 0 aliphatic heterocycles. The van der Waals surface area contributed by atoms with E-state index in [1.807, 2.05) is 0 Å². The number of hydrogen-bond acceptors (Lipinski definition) is 3. The fourth-order valence-electron chi connectivity index (χ4n) is 3.59. The van der Waals surface area contributed by atoms with Crippen LogP contribution in [0.5, 0.6) is 0 Å². The molecule has 3 N–H and O–H groups in total. The first-order valence-electron chi connectivity index (χ1n) is 9.22. The summed E-state index contributed by atoms with van der Waals surface area (Å²) in [5, 5.41) is 10.6. The average molecular weight is 469 g/mol. The smallest absolute Gasteiger partial charge is 1.00 e. The van der Waals surface area contributed by atoms with E-state index < -0.39 is 0 Å². The second-order valence-electron chi connectivity index (χ2n) is 7.15. The Bertz CT molecular complexity index is 628. The molecular formula is C22H33Cl2CoN3. The summed E-state index contributed by atoms with van der Waals surface area (Å²) in [6, 6.07) is 8.94. The zero-order valence-corrected chi connectivity index (χ0v) is 20.3. The molecule has 2 aromatic carbocycles. The van der Waals surface area contributed by atoms with Gasteiger partial charge in [0.2, 0.25) is 0 Å². The zero-order chi connectivity index (χ0) is 18.4. The second kappa shape index (κ2) is 14.1. The van der Waals surface area contributed by atoms with Crippen LogP contribution < -0.4 is 40.8 Å². The number of nitrogens with one attached hydrogen (secondary N) is 3. The summed E-state index contributed by atoms with van der Waals surface area (Å²) in [6.07, 6.45) is 0. The van der Waals surface area contributed by atoms with E-state index >= 15 is 0 Å². The van der Waals surface area contributed by atoms with Crippen LogP contribution in [0.1, 0.15) is 33.4 Å². The average Bonchev–Trinajstić information content (AvgIpc) is 2.50. The molecule has 0 amide bonds. The minimum Gasteiger partial charge on any atom is -1.00 e. The van der Waals surface area contributed by atoms with Gasteiger partial charge in [-0.1, -0.05) is 35.4 Å². The predicted molar refractivity (Wildman–Crippen MR) is 111 cm³/mol. The molecule has 0 unspecified atom stereocenters. The Kier molecular flexibility index (Phi) is 14.8. The Morgan fingerprint density at radius 1 is 0.536 bits per heavy atom. The second-order valence-corrected chi connectivity index (χ2v) is 7.15. The molecule has 6 heteroatoms. The van der Waals surface area contributed by atoms with Gasteiger partial charge in [0.1, 0.15) is 0 Å². The summed E-state index contributed by atoms with van der Waals surface area (Å²) in [7, 11) is 0. The van der Waals surface area contributed by atoms with E-state index in [2.05, 4.69) is 81.8 Å². The molecule has 0 bridgehead atoms. The standard InChI is InChI=1S/C22H33N3.2ClH.Co/c1-15-11-17(3)21(18(4)12-15)24-9-7-23-8-10-25-22-19(5)13-16(2)14-20(22)6;;;/h11-14,23-25H,7-10H2,1-6H3;2*1H;/q;;;+2/p-2. The van der Waals surface area contributed by atoms with Crippen molar-refractivity contribution in [3.05, 3.63) is 57.6 Å². The zero-order valence-electron chi connectivity index (χ0n) is 17.7. The van der Waals surface area contributed by atoms with Crippen molar-refractivity contribution in [2.75, 3.05) is 36.8 Å². The van der Waals surface area contributed by atoms with Crippen molar-refractivity contribution >= 4 is 11.4 Å². The van der Waals surface area contributed by atoms with Crippen LogP contribution in [0.25, 0.3) is 0 Å². The van der Waals surface area contributed by atoms with E-state index in [0.717, 1.165) is 26.2 Å². The molecular weight excluding hydrogens is 436 g/mol. The summed E-state index contributed by atoms with van der Waals surface area (Å²) < 4.78 is 0. The van der Waals surface area contributed by atoms with Gasteiger partial charge in [-0.15, -0.1) is 0 Å². The van der Waals surface area contributed by atoms with E-state index in [1.54, 1.807) is 0 Å². The topological polar surface area (TPSA) is 36.1 Å². The van der Waals surface area contributed by atoms with Gasteiger partial charge in [0.15, 0.2) is 0 Å². The molecule has 0 aromatic heterocycles. The van der Waals surface area contributed by atoms with Gasteiger partial charge in [0.05, 0.1) is 0 Å². The molecule has 0 heterocycles. The van der Waals surface area contributed by atoms with E-state index in [-0.39, 0.29) is 41.6 Å². The third-order valence-corrected chi connectivity index (χ3v) is 4.56. The molecule has 28 heavy (non-hydrogen) atoms. The van der Waals surface area contributed by atoms with E-state index in [9.17, 15) is 0 Å². The van der Waals surface area contributed by atoms with Crippen LogP contribution in [-0.2, 0) is 16.8 Å². The number of halogens is 2. The van der Waals surface area contributed by atoms with Crippen LogP contribution in [0, 0.1) is 41.5 Å². The van der Waals surface area contributed by atoms with Crippen molar-refractivity contribution in [3.63, 3.8) is 0 Å². The number of aryl methyl sites for hydroxylation is 6. The summed E-state index contributed by atoms with van der Waals surface area (Å²) in [6.45, 7) is 16.8. The molecule has 0 aliphatic carbocycles. The SMILES string of the molecule is Cc1cc(C)c(NCCNCCNc2c(C)cc(C)cc2C)c(C)c1.[Cl-].[Cl-].[Co+2]. The quantitative estimate of drug-likeness (QED) is 0.419. The summed E-state index contributed by atoms with van der Waals surface area (Å²) in [5.74, 6) is 0. The minimum absolute atomic E-state index is 0. The van der Waals surface area contributed by atoms with Gasteiger partial charge in [-0.25, -0.2) is 0 Å². The van der Waals surface area contributed by atoms with Crippen LogP contribution in [0.15, 0.2) is 24.3 Å². The Hall–Kier alpha value is -0.914. The Morgan fingerprint density at radius 3 is 1.11 bits per heavy atom. The van der Waals surface area contributed by atoms with Gasteiger partial charge in [-0.2, -0.15) is 0 Å². The molecule has 0 atom stereocenters. The van der Waals surface area contributed by atoms with Crippen LogP contribution >= 0.6 is 0 Å². The van der Waals surface area contributed by atoms with Gasteiger partial charge in [0, 0.05) is 37.6 Å². The maximum atomic E-state index is 3.56. The van der Waals surface area contributed by atoms with Crippen molar-refractivity contribution in [1.82, 2.24) is 5.32 Å². The summed E-state index contributed by atoms with van der Waals surface area (Å²) >= 11 is 0. The first kappa shape index (κ1) is 29.3.